The van der Waals surface area contributed by atoms with E-state index >= 15 is 0 Å². The molecular weight excluding hydrogens is 172 g/mol. The number of benzene rings is 1. The first kappa shape index (κ1) is 9.22. The molecule has 72 valence electrons. The Morgan fingerprint density at radius 2 is 2.00 bits per heavy atom. The molecule has 1 aliphatic carbocycles. The third kappa shape index (κ3) is 1.78. The molecule has 0 fully saturated rings. The Morgan fingerprint density at radius 1 is 1.29 bits per heavy atom. The number of aliphatic hydroxyl groups excluding tert-OH is 1. The zero-order valence-corrected chi connectivity index (χ0v) is 8.11. The van der Waals surface area contributed by atoms with E-state index < -0.39 is 0 Å². The van der Waals surface area contributed by atoms with Gasteiger partial charge in [-0.1, -0.05) is 43.0 Å². The van der Waals surface area contributed by atoms with Crippen LogP contribution in [0.3, 0.4) is 0 Å². The van der Waals surface area contributed by atoms with Gasteiger partial charge in [-0.05, 0) is 29.6 Å². The molecule has 1 atom stereocenters. The monoisotopic (exact) mass is 186 g/mol. The standard InChI is InChI=1S/C13H14O/c1-10(11-5-3-2-4-6-11)12-7-8-13(14)9-12/h2-7,13-14H,1,8-9H2/t13-/m1/s1. The van der Waals surface area contributed by atoms with Crippen LogP contribution >= 0.6 is 0 Å². The summed E-state index contributed by atoms with van der Waals surface area (Å²) in [5, 5.41) is 9.40. The topological polar surface area (TPSA) is 20.2 Å². The fourth-order valence-corrected chi connectivity index (χ4v) is 1.77. The van der Waals surface area contributed by atoms with Gasteiger partial charge in [0, 0.05) is 0 Å². The van der Waals surface area contributed by atoms with Crippen molar-refractivity contribution in [3.05, 3.63) is 54.1 Å². The Morgan fingerprint density at radius 3 is 2.57 bits per heavy atom. The van der Waals surface area contributed by atoms with Crippen LogP contribution in [0, 0.1) is 0 Å². The smallest absolute Gasteiger partial charge is 0.0615 e. The van der Waals surface area contributed by atoms with E-state index in [2.05, 4.69) is 12.7 Å². The molecule has 1 aromatic carbocycles. The van der Waals surface area contributed by atoms with Gasteiger partial charge >= 0.3 is 0 Å². The van der Waals surface area contributed by atoms with Crippen LogP contribution in [0.2, 0.25) is 0 Å². The van der Waals surface area contributed by atoms with E-state index in [1.54, 1.807) is 0 Å². The fraction of sp³-hybridized carbons (Fsp3) is 0.231. The number of hydrogen-bond donors (Lipinski definition) is 1. The van der Waals surface area contributed by atoms with Crippen LogP contribution in [0.15, 0.2) is 48.6 Å². The van der Waals surface area contributed by atoms with Crippen LogP contribution in [0.4, 0.5) is 0 Å². The van der Waals surface area contributed by atoms with Crippen LogP contribution in [-0.2, 0) is 0 Å². The Balaban J connectivity index is 2.18. The number of allylic oxidation sites excluding steroid dienone is 1. The summed E-state index contributed by atoms with van der Waals surface area (Å²) in [5.74, 6) is 0. The van der Waals surface area contributed by atoms with Crippen LogP contribution < -0.4 is 0 Å². The second-order valence-electron chi connectivity index (χ2n) is 3.67. The average molecular weight is 186 g/mol. The molecule has 1 N–H and O–H groups in total. The first-order valence-electron chi connectivity index (χ1n) is 4.89. The number of rotatable bonds is 2. The lowest BCUT2D eigenvalue weighted by atomic mass is 9.99. The lowest BCUT2D eigenvalue weighted by molar-refractivity contribution is 0.188. The zero-order chi connectivity index (χ0) is 9.97. The highest BCUT2D eigenvalue weighted by atomic mass is 16.3. The number of hydrogen-bond acceptors (Lipinski definition) is 1. The van der Waals surface area contributed by atoms with E-state index in [0.717, 1.165) is 24.0 Å². The summed E-state index contributed by atoms with van der Waals surface area (Å²) in [6.45, 7) is 4.06. The highest BCUT2D eigenvalue weighted by Crippen LogP contribution is 2.30. The maximum absolute atomic E-state index is 9.40. The Kier molecular flexibility index (Phi) is 2.51. The second-order valence-corrected chi connectivity index (χ2v) is 3.67. The van der Waals surface area contributed by atoms with E-state index in [4.69, 9.17) is 0 Å². The lowest BCUT2D eigenvalue weighted by Crippen LogP contribution is -1.99. The van der Waals surface area contributed by atoms with Crippen molar-refractivity contribution in [3.63, 3.8) is 0 Å². The van der Waals surface area contributed by atoms with Gasteiger partial charge < -0.3 is 5.11 Å². The molecule has 1 aromatic rings. The van der Waals surface area contributed by atoms with Gasteiger partial charge in [-0.15, -0.1) is 0 Å². The average Bonchev–Trinajstić information content (AvgIpc) is 2.65. The Labute approximate surface area is 84.4 Å². The molecule has 0 heterocycles. The van der Waals surface area contributed by atoms with Crippen molar-refractivity contribution in [2.45, 2.75) is 18.9 Å². The summed E-state index contributed by atoms with van der Waals surface area (Å²) >= 11 is 0. The molecule has 0 radical (unpaired) electrons. The van der Waals surface area contributed by atoms with Gasteiger partial charge in [-0.25, -0.2) is 0 Å². The maximum atomic E-state index is 9.40. The van der Waals surface area contributed by atoms with Crippen molar-refractivity contribution >= 4 is 5.57 Å². The first-order valence-corrected chi connectivity index (χ1v) is 4.89. The van der Waals surface area contributed by atoms with Crippen molar-refractivity contribution < 1.29 is 5.11 Å². The minimum atomic E-state index is -0.203. The molecule has 0 bridgehead atoms. The Hall–Kier alpha value is -1.34. The molecular formula is C13H14O. The molecule has 0 unspecified atom stereocenters. The van der Waals surface area contributed by atoms with Gasteiger partial charge in [-0.3, -0.25) is 0 Å². The molecule has 1 heteroatoms. The molecule has 0 aromatic heterocycles. The van der Waals surface area contributed by atoms with E-state index in [1.807, 2.05) is 30.3 Å². The van der Waals surface area contributed by atoms with Gasteiger partial charge in [0.15, 0.2) is 0 Å². The zero-order valence-electron chi connectivity index (χ0n) is 8.11. The van der Waals surface area contributed by atoms with Crippen molar-refractivity contribution in [3.8, 4) is 0 Å². The minimum absolute atomic E-state index is 0.203. The Bertz CT molecular complexity index is 362. The lowest BCUT2D eigenvalue weighted by Gasteiger charge is -2.07. The van der Waals surface area contributed by atoms with Crippen LogP contribution in [0.1, 0.15) is 18.4 Å². The van der Waals surface area contributed by atoms with Crippen molar-refractivity contribution in [1.29, 1.82) is 0 Å². The largest absolute Gasteiger partial charge is 0.392 e. The first-order chi connectivity index (χ1) is 6.77. The molecule has 2 rings (SSSR count). The maximum Gasteiger partial charge on any atom is 0.0615 e. The van der Waals surface area contributed by atoms with Gasteiger partial charge in [0.1, 0.15) is 0 Å². The quantitative estimate of drug-likeness (QED) is 0.753. The van der Waals surface area contributed by atoms with Crippen LogP contribution in [-0.4, -0.2) is 11.2 Å². The normalized spacial score (nSPS) is 20.6. The highest BCUT2D eigenvalue weighted by Gasteiger charge is 2.16. The summed E-state index contributed by atoms with van der Waals surface area (Å²) in [4.78, 5) is 0. The van der Waals surface area contributed by atoms with Crippen molar-refractivity contribution in [2.24, 2.45) is 0 Å². The fourth-order valence-electron chi connectivity index (χ4n) is 1.77. The molecule has 0 saturated carbocycles. The molecule has 14 heavy (non-hydrogen) atoms. The summed E-state index contributed by atoms with van der Waals surface area (Å²) < 4.78 is 0. The summed E-state index contributed by atoms with van der Waals surface area (Å²) in [7, 11) is 0. The predicted octanol–water partition coefficient (Wildman–Crippen LogP) is 2.78. The third-order valence-corrected chi connectivity index (χ3v) is 2.60. The summed E-state index contributed by atoms with van der Waals surface area (Å²) in [5.41, 5.74) is 3.37. The third-order valence-electron chi connectivity index (χ3n) is 2.60. The molecule has 0 aliphatic heterocycles. The van der Waals surface area contributed by atoms with Crippen LogP contribution in [0.25, 0.3) is 5.57 Å². The molecule has 1 aliphatic rings. The summed E-state index contributed by atoms with van der Waals surface area (Å²) in [6.07, 6.45) is 3.39. The van der Waals surface area contributed by atoms with Gasteiger partial charge in [0.25, 0.3) is 0 Å². The van der Waals surface area contributed by atoms with E-state index in [1.165, 1.54) is 5.57 Å². The SMILES string of the molecule is C=C(C1=CC[C@@H](O)C1)c1ccccc1. The van der Waals surface area contributed by atoms with Crippen molar-refractivity contribution in [1.82, 2.24) is 0 Å². The van der Waals surface area contributed by atoms with Crippen molar-refractivity contribution in [2.75, 3.05) is 0 Å². The molecule has 0 amide bonds. The minimum Gasteiger partial charge on any atom is -0.392 e. The van der Waals surface area contributed by atoms with Crippen LogP contribution in [0.5, 0.6) is 0 Å². The van der Waals surface area contributed by atoms with E-state index in [-0.39, 0.29) is 6.10 Å². The highest BCUT2D eigenvalue weighted by molar-refractivity contribution is 5.77. The van der Waals surface area contributed by atoms with Gasteiger partial charge in [-0.2, -0.15) is 0 Å². The van der Waals surface area contributed by atoms with E-state index in [0.29, 0.717) is 0 Å². The molecule has 1 nitrogen and oxygen atoms in total. The number of aliphatic hydroxyl groups is 1. The van der Waals surface area contributed by atoms with E-state index in [9.17, 15) is 5.11 Å². The predicted molar refractivity (Wildman–Crippen MR) is 58.8 cm³/mol. The second kappa shape index (κ2) is 3.81. The van der Waals surface area contributed by atoms with Gasteiger partial charge in [0.05, 0.1) is 6.10 Å². The summed E-state index contributed by atoms with van der Waals surface area (Å²) in [6, 6.07) is 10.1. The van der Waals surface area contributed by atoms with Gasteiger partial charge in [0.2, 0.25) is 0 Å². The molecule has 0 spiro atoms. The molecule has 0 saturated heterocycles.